The van der Waals surface area contributed by atoms with Gasteiger partial charge in [0.2, 0.25) is 5.56 Å². The number of rotatable bonds is 12. The summed E-state index contributed by atoms with van der Waals surface area (Å²) in [6, 6.07) is 30.5. The second-order valence-electron chi connectivity index (χ2n) is 10.2. The molecule has 0 saturated heterocycles. The summed E-state index contributed by atoms with van der Waals surface area (Å²) in [5, 5.41) is 36.6. The van der Waals surface area contributed by atoms with Crippen molar-refractivity contribution in [1.29, 1.82) is 0 Å². The zero-order valence-electron chi connectivity index (χ0n) is 23.4. The molecule has 0 saturated carbocycles. The number of nitrogens with one attached hydrogen (secondary N) is 3. The van der Waals surface area contributed by atoms with E-state index in [9.17, 15) is 24.9 Å². The monoisotopic (exact) mass is 579 g/mol. The fourth-order valence-electron chi connectivity index (χ4n) is 5.01. The number of aromatic hydroxyl groups is 1. The predicted octanol–water partition coefficient (Wildman–Crippen LogP) is 5.04. The highest BCUT2D eigenvalue weighted by Crippen LogP contribution is 2.29. The van der Waals surface area contributed by atoms with Gasteiger partial charge >= 0.3 is 6.09 Å². The van der Waals surface area contributed by atoms with E-state index in [1.54, 1.807) is 12.1 Å². The topological polar surface area (TPSA) is 144 Å². The molecule has 5 rings (SSSR count). The van der Waals surface area contributed by atoms with Crippen LogP contribution in [0.3, 0.4) is 0 Å². The molecule has 9 nitrogen and oxygen atoms in total. The van der Waals surface area contributed by atoms with E-state index in [4.69, 9.17) is 4.74 Å². The van der Waals surface area contributed by atoms with Crippen LogP contribution in [0.5, 0.6) is 11.5 Å². The average molecular weight is 580 g/mol. The lowest BCUT2D eigenvalue weighted by Crippen LogP contribution is -2.27. The van der Waals surface area contributed by atoms with Crippen molar-refractivity contribution in [3.63, 3.8) is 0 Å². The van der Waals surface area contributed by atoms with Crippen molar-refractivity contribution in [3.05, 3.63) is 141 Å². The van der Waals surface area contributed by atoms with Crippen LogP contribution in [0.4, 0.5) is 4.79 Å². The summed E-state index contributed by atoms with van der Waals surface area (Å²) in [7, 11) is 0. The number of pyridine rings is 1. The molecule has 1 amide bonds. The van der Waals surface area contributed by atoms with Crippen molar-refractivity contribution >= 4 is 17.0 Å². The normalized spacial score (nSPS) is 12.5. The molecule has 0 radical (unpaired) electrons. The van der Waals surface area contributed by atoms with Crippen LogP contribution in [0, 0.1) is 0 Å². The number of hydrogen-bond donors (Lipinski definition) is 6. The fourth-order valence-corrected chi connectivity index (χ4v) is 5.01. The first kappa shape index (κ1) is 29.4. The van der Waals surface area contributed by atoms with Gasteiger partial charge in [0.05, 0.1) is 17.7 Å². The van der Waals surface area contributed by atoms with Crippen molar-refractivity contribution in [2.24, 2.45) is 0 Å². The Labute approximate surface area is 248 Å². The number of aromatic amines is 1. The first-order valence-electron chi connectivity index (χ1n) is 14.0. The summed E-state index contributed by atoms with van der Waals surface area (Å²) < 4.78 is 6.02. The number of carbonyl (C=O) groups is 1. The molecule has 0 bridgehead atoms. The van der Waals surface area contributed by atoms with Crippen molar-refractivity contribution < 1.29 is 24.9 Å². The number of carboxylic acid groups (broad SMARTS) is 1. The van der Waals surface area contributed by atoms with Gasteiger partial charge in [0.1, 0.15) is 18.1 Å². The molecule has 4 aromatic carbocycles. The molecule has 9 heteroatoms. The maximum absolute atomic E-state index is 11.6. The lowest BCUT2D eigenvalue weighted by molar-refractivity contribution is 0.176. The molecule has 0 aliphatic carbocycles. The third kappa shape index (κ3) is 7.59. The number of aromatic nitrogens is 1. The van der Waals surface area contributed by atoms with Gasteiger partial charge in [-0.3, -0.25) is 4.79 Å². The summed E-state index contributed by atoms with van der Waals surface area (Å²) in [5.41, 5.74) is 4.37. The average Bonchev–Trinajstić information content (AvgIpc) is 3.02. The summed E-state index contributed by atoms with van der Waals surface area (Å²) in [4.78, 5) is 25.7. The number of phenols is 1. The van der Waals surface area contributed by atoms with Crippen LogP contribution in [0.25, 0.3) is 10.9 Å². The van der Waals surface area contributed by atoms with Crippen LogP contribution >= 0.6 is 0 Å². The number of hydrogen-bond acceptors (Lipinski definition) is 6. The van der Waals surface area contributed by atoms with E-state index in [0.717, 1.165) is 28.7 Å². The van der Waals surface area contributed by atoms with Gasteiger partial charge in [-0.15, -0.1) is 0 Å². The van der Waals surface area contributed by atoms with Gasteiger partial charge in [-0.05, 0) is 65.0 Å². The molecular weight excluding hydrogens is 546 g/mol. The Bertz CT molecular complexity index is 1740. The number of aliphatic hydroxyl groups is 1. The number of benzene rings is 4. The van der Waals surface area contributed by atoms with E-state index in [1.807, 2.05) is 78.9 Å². The van der Waals surface area contributed by atoms with E-state index in [-0.39, 0.29) is 11.3 Å². The number of H-pyrrole nitrogens is 1. The minimum Gasteiger partial charge on any atom is -0.506 e. The minimum absolute atomic E-state index is 0.0382. The minimum atomic E-state index is -1.10. The highest BCUT2D eigenvalue weighted by molar-refractivity contribution is 5.87. The summed E-state index contributed by atoms with van der Waals surface area (Å²) in [6.07, 6.45) is -1.15. The molecular formula is C34H33N3O6. The Kier molecular flexibility index (Phi) is 9.36. The lowest BCUT2D eigenvalue weighted by atomic mass is 9.98. The molecule has 0 fully saturated rings. The largest absolute Gasteiger partial charge is 0.506 e. The van der Waals surface area contributed by atoms with Gasteiger partial charge < -0.3 is 35.7 Å². The highest BCUT2D eigenvalue weighted by Gasteiger charge is 2.17. The van der Waals surface area contributed by atoms with Crippen molar-refractivity contribution in [2.45, 2.75) is 25.2 Å². The molecule has 0 spiro atoms. The van der Waals surface area contributed by atoms with Crippen LogP contribution in [0.1, 0.15) is 40.0 Å². The van der Waals surface area contributed by atoms with Crippen LogP contribution in [0.15, 0.2) is 108 Å². The van der Waals surface area contributed by atoms with Crippen LogP contribution in [-0.4, -0.2) is 39.5 Å². The zero-order chi connectivity index (χ0) is 30.2. The Morgan fingerprint density at radius 3 is 2.37 bits per heavy atom. The summed E-state index contributed by atoms with van der Waals surface area (Å²) in [6.45, 7) is 1.33. The molecule has 5 aromatic rings. The van der Waals surface area contributed by atoms with Gasteiger partial charge in [-0.1, -0.05) is 72.8 Å². The van der Waals surface area contributed by atoms with Crippen LogP contribution < -0.4 is 20.9 Å². The van der Waals surface area contributed by atoms with Crippen LogP contribution in [-0.2, 0) is 13.0 Å². The molecule has 1 heterocycles. The zero-order valence-corrected chi connectivity index (χ0v) is 23.4. The predicted molar refractivity (Wildman–Crippen MR) is 164 cm³/mol. The maximum Gasteiger partial charge on any atom is 0.405 e. The Morgan fingerprint density at radius 2 is 1.60 bits per heavy atom. The molecule has 43 heavy (non-hydrogen) atoms. The number of fused-ring (bicyclic) bond motifs is 1. The van der Waals surface area contributed by atoms with Crippen molar-refractivity contribution in [2.75, 3.05) is 13.1 Å². The second kappa shape index (κ2) is 13.7. The number of ether oxygens (including phenoxy) is 1. The van der Waals surface area contributed by atoms with Gasteiger partial charge in [-0.2, -0.15) is 0 Å². The Balaban J connectivity index is 1.12. The summed E-state index contributed by atoms with van der Waals surface area (Å²) >= 11 is 0. The van der Waals surface area contributed by atoms with E-state index >= 15 is 0 Å². The lowest BCUT2D eigenvalue weighted by Gasteiger charge is -2.19. The Morgan fingerprint density at radius 1 is 0.860 bits per heavy atom. The molecule has 220 valence electrons. The number of amides is 1. The van der Waals surface area contributed by atoms with Crippen molar-refractivity contribution in [1.82, 2.24) is 15.6 Å². The molecule has 1 aromatic heterocycles. The quantitative estimate of drug-likeness (QED) is 0.114. The van der Waals surface area contributed by atoms with Gasteiger partial charge in [0, 0.05) is 18.0 Å². The second-order valence-corrected chi connectivity index (χ2v) is 10.2. The third-order valence-electron chi connectivity index (χ3n) is 7.21. The Hall–Kier alpha value is -5.12. The maximum atomic E-state index is 11.6. The van der Waals surface area contributed by atoms with E-state index in [0.29, 0.717) is 41.9 Å². The van der Waals surface area contributed by atoms with E-state index < -0.39 is 18.2 Å². The van der Waals surface area contributed by atoms with Gasteiger partial charge in [0.25, 0.3) is 0 Å². The SMILES string of the molecule is O=C(O)NC(c1ccccc1)c1cccc(OCc2ccc(CCNCC(O)c3ccc(O)c4[nH]c(=O)ccc34)cc2)c1. The van der Waals surface area contributed by atoms with Gasteiger partial charge in [0.15, 0.2) is 0 Å². The molecule has 6 N–H and O–H groups in total. The molecule has 2 unspecified atom stereocenters. The fraction of sp³-hybridized carbons (Fsp3) is 0.176. The molecule has 2 atom stereocenters. The highest BCUT2D eigenvalue weighted by atomic mass is 16.5. The molecule has 0 aliphatic heterocycles. The number of aliphatic hydroxyl groups excluding tert-OH is 1. The smallest absolute Gasteiger partial charge is 0.405 e. The third-order valence-corrected chi connectivity index (χ3v) is 7.21. The van der Waals surface area contributed by atoms with E-state index in [1.165, 1.54) is 12.1 Å². The standard InChI is InChI=1S/C34H33N3O6/c38-29-15-13-27(28-14-16-31(40)36-33(28)29)30(39)20-35-18-17-22-9-11-23(12-10-22)21-43-26-8-4-7-25(19-26)32(37-34(41)42)24-5-2-1-3-6-24/h1-16,19,30,32,35,37-39H,17-18,20-21H2,(H,36,40)(H,41,42). The first-order valence-corrected chi connectivity index (χ1v) is 14.0. The first-order chi connectivity index (χ1) is 20.9. The molecule has 0 aliphatic rings. The van der Waals surface area contributed by atoms with Crippen LogP contribution in [0.2, 0.25) is 0 Å². The van der Waals surface area contributed by atoms with E-state index in [2.05, 4.69) is 15.6 Å². The summed E-state index contributed by atoms with van der Waals surface area (Å²) in [5.74, 6) is 0.605. The number of phenolic OH excluding ortho intramolecular Hbond substituents is 1. The van der Waals surface area contributed by atoms with Crippen molar-refractivity contribution in [3.8, 4) is 11.5 Å². The van der Waals surface area contributed by atoms with Gasteiger partial charge in [-0.25, -0.2) is 4.79 Å².